The lowest BCUT2D eigenvalue weighted by Crippen LogP contribution is -2.51. The van der Waals surface area contributed by atoms with E-state index in [-0.39, 0.29) is 17.9 Å². The number of likely N-dealkylation sites (N-methyl/N-ethyl adjacent to an activating group) is 1. The van der Waals surface area contributed by atoms with Gasteiger partial charge >= 0.3 is 0 Å². The SMILES string of the molecule is CN1C(=O)CCC(NCc2ccc3ncccc3c2)C1=O. The molecule has 1 aliphatic heterocycles. The Kier molecular flexibility index (Phi) is 3.66. The fourth-order valence-electron chi connectivity index (χ4n) is 2.58. The number of imide groups is 1. The molecule has 3 rings (SSSR count). The molecule has 2 amide bonds. The van der Waals surface area contributed by atoms with Gasteiger partial charge in [0.05, 0.1) is 11.6 Å². The van der Waals surface area contributed by atoms with Gasteiger partial charge in [0.2, 0.25) is 11.8 Å². The van der Waals surface area contributed by atoms with Crippen molar-refractivity contribution in [2.45, 2.75) is 25.4 Å². The van der Waals surface area contributed by atoms with E-state index in [1.807, 2.05) is 24.3 Å². The molecule has 0 aliphatic carbocycles. The second-order valence-electron chi connectivity index (χ2n) is 5.29. The highest BCUT2D eigenvalue weighted by Gasteiger charge is 2.31. The van der Waals surface area contributed by atoms with Crippen molar-refractivity contribution >= 4 is 22.7 Å². The van der Waals surface area contributed by atoms with Gasteiger partial charge in [-0.05, 0) is 30.2 Å². The lowest BCUT2D eigenvalue weighted by atomic mass is 10.0. The van der Waals surface area contributed by atoms with Gasteiger partial charge in [-0.15, -0.1) is 0 Å². The zero-order valence-electron chi connectivity index (χ0n) is 11.9. The number of likely N-dealkylation sites (tertiary alicyclic amines) is 1. The van der Waals surface area contributed by atoms with E-state index in [0.717, 1.165) is 16.5 Å². The average Bonchev–Trinajstić information content (AvgIpc) is 2.52. The predicted molar refractivity (Wildman–Crippen MR) is 79.4 cm³/mol. The summed E-state index contributed by atoms with van der Waals surface area (Å²) in [7, 11) is 1.54. The predicted octanol–water partition coefficient (Wildman–Crippen LogP) is 1.47. The van der Waals surface area contributed by atoms with E-state index in [4.69, 9.17) is 0 Å². The van der Waals surface area contributed by atoms with Gasteiger partial charge in [0.15, 0.2) is 0 Å². The Morgan fingerprint density at radius 1 is 1.33 bits per heavy atom. The van der Waals surface area contributed by atoms with Crippen LogP contribution in [0.4, 0.5) is 0 Å². The third-order valence-electron chi connectivity index (χ3n) is 3.87. The van der Waals surface area contributed by atoms with Crippen LogP contribution in [0.5, 0.6) is 0 Å². The Balaban J connectivity index is 1.69. The van der Waals surface area contributed by atoms with Crippen LogP contribution in [0, 0.1) is 0 Å². The summed E-state index contributed by atoms with van der Waals surface area (Å²) in [6.45, 7) is 0.600. The molecule has 1 aliphatic rings. The maximum absolute atomic E-state index is 12.0. The fourth-order valence-corrected chi connectivity index (χ4v) is 2.58. The number of nitrogens with zero attached hydrogens (tertiary/aromatic N) is 2. The largest absolute Gasteiger partial charge is 0.302 e. The third kappa shape index (κ3) is 2.78. The molecule has 0 radical (unpaired) electrons. The number of hydrogen-bond acceptors (Lipinski definition) is 4. The maximum Gasteiger partial charge on any atom is 0.246 e. The number of fused-ring (bicyclic) bond motifs is 1. The second-order valence-corrected chi connectivity index (χ2v) is 5.29. The molecule has 5 nitrogen and oxygen atoms in total. The molecule has 1 N–H and O–H groups in total. The summed E-state index contributed by atoms with van der Waals surface area (Å²) in [6.07, 6.45) is 2.76. The molecule has 1 unspecified atom stereocenters. The summed E-state index contributed by atoms with van der Waals surface area (Å²) in [5, 5.41) is 4.32. The minimum absolute atomic E-state index is 0.102. The highest BCUT2D eigenvalue weighted by atomic mass is 16.2. The van der Waals surface area contributed by atoms with Crippen LogP contribution in [0.25, 0.3) is 10.9 Å². The number of amides is 2. The van der Waals surface area contributed by atoms with Crippen molar-refractivity contribution in [3.8, 4) is 0 Å². The van der Waals surface area contributed by atoms with Gasteiger partial charge in [-0.25, -0.2) is 0 Å². The molecule has 0 saturated carbocycles. The van der Waals surface area contributed by atoms with Crippen LogP contribution in [-0.4, -0.2) is 34.8 Å². The monoisotopic (exact) mass is 283 g/mol. The first-order valence-corrected chi connectivity index (χ1v) is 7.02. The number of carbonyl (C=O) groups is 2. The van der Waals surface area contributed by atoms with Crippen LogP contribution in [-0.2, 0) is 16.1 Å². The molecular formula is C16H17N3O2. The van der Waals surface area contributed by atoms with E-state index in [1.54, 1.807) is 13.2 Å². The molecule has 5 heteroatoms. The van der Waals surface area contributed by atoms with E-state index in [0.29, 0.717) is 19.4 Å². The number of pyridine rings is 1. The Morgan fingerprint density at radius 3 is 3.05 bits per heavy atom. The van der Waals surface area contributed by atoms with Crippen molar-refractivity contribution in [2.75, 3.05) is 7.05 Å². The minimum Gasteiger partial charge on any atom is -0.302 e. The molecule has 0 bridgehead atoms. The van der Waals surface area contributed by atoms with Crippen LogP contribution in [0.2, 0.25) is 0 Å². The van der Waals surface area contributed by atoms with Gasteiger partial charge in [-0.1, -0.05) is 12.1 Å². The van der Waals surface area contributed by atoms with Gasteiger partial charge in [0.25, 0.3) is 0 Å². The van der Waals surface area contributed by atoms with Crippen molar-refractivity contribution in [3.05, 3.63) is 42.1 Å². The van der Waals surface area contributed by atoms with E-state index < -0.39 is 0 Å². The quantitative estimate of drug-likeness (QED) is 0.867. The van der Waals surface area contributed by atoms with Gasteiger partial charge in [0.1, 0.15) is 0 Å². The van der Waals surface area contributed by atoms with E-state index in [1.165, 1.54) is 4.90 Å². The highest BCUT2D eigenvalue weighted by Crippen LogP contribution is 2.15. The summed E-state index contributed by atoms with van der Waals surface area (Å²) in [6, 6.07) is 9.69. The number of benzene rings is 1. The Bertz CT molecular complexity index is 699. The Labute approximate surface area is 123 Å². The normalized spacial score (nSPS) is 19.3. The second kappa shape index (κ2) is 5.61. The first kappa shape index (κ1) is 13.7. The maximum atomic E-state index is 12.0. The number of nitrogens with one attached hydrogen (secondary N) is 1. The van der Waals surface area contributed by atoms with Crippen molar-refractivity contribution in [3.63, 3.8) is 0 Å². The summed E-state index contributed by atoms with van der Waals surface area (Å²) < 4.78 is 0. The van der Waals surface area contributed by atoms with E-state index in [2.05, 4.69) is 16.4 Å². The van der Waals surface area contributed by atoms with Crippen molar-refractivity contribution in [1.29, 1.82) is 0 Å². The lowest BCUT2D eigenvalue weighted by Gasteiger charge is -2.28. The molecule has 0 spiro atoms. The zero-order valence-corrected chi connectivity index (χ0v) is 11.9. The fraction of sp³-hybridized carbons (Fsp3) is 0.312. The van der Waals surface area contributed by atoms with Gasteiger partial charge in [-0.2, -0.15) is 0 Å². The first-order chi connectivity index (χ1) is 10.1. The topological polar surface area (TPSA) is 62.3 Å². The van der Waals surface area contributed by atoms with E-state index in [9.17, 15) is 9.59 Å². The molecule has 108 valence electrons. The van der Waals surface area contributed by atoms with Crippen molar-refractivity contribution < 1.29 is 9.59 Å². The summed E-state index contributed by atoms with van der Waals surface area (Å²) >= 11 is 0. The van der Waals surface area contributed by atoms with Gasteiger partial charge < -0.3 is 5.32 Å². The number of rotatable bonds is 3. The molecule has 2 aromatic rings. The number of aromatic nitrogens is 1. The third-order valence-corrected chi connectivity index (χ3v) is 3.87. The molecular weight excluding hydrogens is 266 g/mol. The summed E-state index contributed by atoms with van der Waals surface area (Å²) in [5.41, 5.74) is 2.06. The molecule has 1 aromatic carbocycles. The number of piperidine rings is 1. The first-order valence-electron chi connectivity index (χ1n) is 7.02. The summed E-state index contributed by atoms with van der Waals surface area (Å²) in [5.74, 6) is -0.247. The lowest BCUT2D eigenvalue weighted by molar-refractivity contribution is -0.148. The smallest absolute Gasteiger partial charge is 0.246 e. The van der Waals surface area contributed by atoms with Crippen LogP contribution < -0.4 is 5.32 Å². The summed E-state index contributed by atoms with van der Waals surface area (Å²) in [4.78, 5) is 28.9. The average molecular weight is 283 g/mol. The van der Waals surface area contributed by atoms with E-state index >= 15 is 0 Å². The van der Waals surface area contributed by atoms with Crippen LogP contribution in [0.1, 0.15) is 18.4 Å². The van der Waals surface area contributed by atoms with Crippen molar-refractivity contribution in [1.82, 2.24) is 15.2 Å². The van der Waals surface area contributed by atoms with Crippen LogP contribution in [0.3, 0.4) is 0 Å². The van der Waals surface area contributed by atoms with Crippen LogP contribution in [0.15, 0.2) is 36.5 Å². The molecule has 2 heterocycles. The Morgan fingerprint density at radius 2 is 2.19 bits per heavy atom. The minimum atomic E-state index is -0.280. The standard InChI is InChI=1S/C16H17N3O2/c1-19-15(20)7-6-14(16(19)21)18-10-11-4-5-13-12(9-11)3-2-8-17-13/h2-5,8-9,14,18H,6-7,10H2,1H3. The molecule has 1 atom stereocenters. The van der Waals surface area contributed by atoms with Crippen molar-refractivity contribution in [2.24, 2.45) is 0 Å². The number of hydrogen-bond donors (Lipinski definition) is 1. The molecule has 21 heavy (non-hydrogen) atoms. The highest BCUT2D eigenvalue weighted by molar-refractivity contribution is 6.00. The van der Waals surface area contributed by atoms with Gasteiger partial charge in [-0.3, -0.25) is 19.5 Å². The Hall–Kier alpha value is -2.27. The molecule has 1 aromatic heterocycles. The van der Waals surface area contributed by atoms with Gasteiger partial charge in [0, 0.05) is 31.6 Å². The molecule has 1 saturated heterocycles. The zero-order chi connectivity index (χ0) is 14.8. The number of carbonyl (C=O) groups excluding carboxylic acids is 2. The molecule has 1 fully saturated rings. The van der Waals surface area contributed by atoms with Crippen LogP contribution >= 0.6 is 0 Å².